The number of ether oxygens (including phenoxy) is 2. The summed E-state index contributed by atoms with van der Waals surface area (Å²) in [5.74, 6) is 0.214. The highest BCUT2D eigenvalue weighted by Crippen LogP contribution is 2.44. The minimum atomic E-state index is -0.674. The number of allylic oxidation sites excluding steroid dienone is 1. The molecule has 1 heterocycles. The van der Waals surface area contributed by atoms with E-state index in [0.29, 0.717) is 24.9 Å². The van der Waals surface area contributed by atoms with Crippen molar-refractivity contribution in [2.45, 2.75) is 31.8 Å². The monoisotopic (exact) mass is 222 g/mol. The molecular formula is C12H14O4. The number of esters is 2. The first-order chi connectivity index (χ1) is 7.74. The summed E-state index contributed by atoms with van der Waals surface area (Å²) in [4.78, 5) is 23.0. The molecule has 3 rings (SSSR count). The smallest absolute Gasteiger partial charge is 0.347 e. The van der Waals surface area contributed by atoms with Gasteiger partial charge in [-0.05, 0) is 31.1 Å². The summed E-state index contributed by atoms with van der Waals surface area (Å²) in [6.07, 6.45) is 5.20. The minimum Gasteiger partial charge on any atom is -0.463 e. The molecule has 3 atom stereocenters. The molecule has 0 aromatic carbocycles. The Morgan fingerprint density at radius 2 is 2.25 bits per heavy atom. The summed E-state index contributed by atoms with van der Waals surface area (Å²) in [7, 11) is 0. The molecule has 16 heavy (non-hydrogen) atoms. The van der Waals surface area contributed by atoms with E-state index in [1.165, 1.54) is 6.42 Å². The molecule has 3 aliphatic rings. The number of rotatable bonds is 2. The van der Waals surface area contributed by atoms with E-state index in [1.807, 2.05) is 6.08 Å². The van der Waals surface area contributed by atoms with Gasteiger partial charge in [0, 0.05) is 12.0 Å². The Hall–Kier alpha value is -1.32. The van der Waals surface area contributed by atoms with Crippen LogP contribution in [-0.4, -0.2) is 24.6 Å². The third-order valence-electron chi connectivity index (χ3n) is 3.70. The second-order valence-corrected chi connectivity index (χ2v) is 4.74. The number of carbonyl (C=O) groups is 2. The first kappa shape index (κ1) is 9.87. The number of cyclic esters (lactones) is 1. The van der Waals surface area contributed by atoms with Gasteiger partial charge in [0.05, 0.1) is 6.61 Å². The fourth-order valence-corrected chi connectivity index (χ4v) is 2.86. The van der Waals surface area contributed by atoms with Crippen LogP contribution in [0.1, 0.15) is 25.7 Å². The van der Waals surface area contributed by atoms with E-state index in [0.717, 1.165) is 18.4 Å². The fraction of sp³-hybridized carbons (Fsp3) is 0.667. The van der Waals surface area contributed by atoms with Crippen LogP contribution in [0.2, 0.25) is 0 Å². The van der Waals surface area contributed by atoms with Crippen molar-refractivity contribution in [1.29, 1.82) is 0 Å². The van der Waals surface area contributed by atoms with E-state index in [1.54, 1.807) is 0 Å². The maximum Gasteiger partial charge on any atom is 0.347 e. The van der Waals surface area contributed by atoms with Gasteiger partial charge in [-0.2, -0.15) is 0 Å². The molecule has 2 bridgehead atoms. The van der Waals surface area contributed by atoms with E-state index in [2.05, 4.69) is 0 Å². The zero-order chi connectivity index (χ0) is 11.1. The normalized spacial score (nSPS) is 36.1. The van der Waals surface area contributed by atoms with Crippen molar-refractivity contribution in [1.82, 2.24) is 0 Å². The molecule has 1 aliphatic heterocycles. The Morgan fingerprint density at radius 1 is 1.38 bits per heavy atom. The fourth-order valence-electron chi connectivity index (χ4n) is 2.86. The van der Waals surface area contributed by atoms with Crippen LogP contribution < -0.4 is 0 Å². The summed E-state index contributed by atoms with van der Waals surface area (Å²) < 4.78 is 9.93. The second-order valence-electron chi connectivity index (χ2n) is 4.74. The molecule has 1 saturated heterocycles. The summed E-state index contributed by atoms with van der Waals surface area (Å²) >= 11 is 0. The van der Waals surface area contributed by atoms with Crippen LogP contribution in [0.25, 0.3) is 0 Å². The van der Waals surface area contributed by atoms with Crippen molar-refractivity contribution in [3.63, 3.8) is 0 Å². The first-order valence-corrected chi connectivity index (χ1v) is 5.83. The van der Waals surface area contributed by atoms with Gasteiger partial charge in [0.15, 0.2) is 0 Å². The molecule has 0 radical (unpaired) electrons. The highest BCUT2D eigenvalue weighted by atomic mass is 16.6. The van der Waals surface area contributed by atoms with Crippen LogP contribution in [0.5, 0.6) is 0 Å². The van der Waals surface area contributed by atoms with Crippen molar-refractivity contribution in [3.05, 3.63) is 11.6 Å². The Balaban J connectivity index is 1.66. The third-order valence-corrected chi connectivity index (χ3v) is 3.70. The lowest BCUT2D eigenvalue weighted by Gasteiger charge is -2.14. The topological polar surface area (TPSA) is 52.6 Å². The molecule has 2 fully saturated rings. The molecule has 4 nitrogen and oxygen atoms in total. The molecule has 0 aromatic heterocycles. The van der Waals surface area contributed by atoms with Crippen LogP contribution in [0.4, 0.5) is 0 Å². The molecule has 3 unspecified atom stereocenters. The zero-order valence-corrected chi connectivity index (χ0v) is 8.98. The van der Waals surface area contributed by atoms with Crippen LogP contribution >= 0.6 is 0 Å². The van der Waals surface area contributed by atoms with E-state index in [9.17, 15) is 9.59 Å². The number of carbonyl (C=O) groups excluding carboxylic acids is 2. The lowest BCUT2D eigenvalue weighted by Crippen LogP contribution is -2.25. The van der Waals surface area contributed by atoms with E-state index in [4.69, 9.17) is 9.47 Å². The van der Waals surface area contributed by atoms with Crippen molar-refractivity contribution in [2.75, 3.05) is 6.61 Å². The van der Waals surface area contributed by atoms with Crippen LogP contribution in [0.15, 0.2) is 11.6 Å². The van der Waals surface area contributed by atoms with Gasteiger partial charge in [-0.1, -0.05) is 6.08 Å². The van der Waals surface area contributed by atoms with Crippen molar-refractivity contribution in [2.24, 2.45) is 11.8 Å². The third kappa shape index (κ3) is 1.52. The maximum atomic E-state index is 11.8. The van der Waals surface area contributed by atoms with Gasteiger partial charge in [0.25, 0.3) is 0 Å². The molecule has 86 valence electrons. The minimum absolute atomic E-state index is 0.309. The largest absolute Gasteiger partial charge is 0.463 e. The molecule has 0 N–H and O–H groups in total. The van der Waals surface area contributed by atoms with Crippen molar-refractivity contribution < 1.29 is 19.1 Å². The van der Waals surface area contributed by atoms with Gasteiger partial charge in [0.2, 0.25) is 6.10 Å². The quantitative estimate of drug-likeness (QED) is 0.659. The maximum absolute atomic E-state index is 11.8. The van der Waals surface area contributed by atoms with Gasteiger partial charge in [-0.15, -0.1) is 0 Å². The molecular weight excluding hydrogens is 208 g/mol. The van der Waals surface area contributed by atoms with Gasteiger partial charge >= 0.3 is 11.9 Å². The first-order valence-electron chi connectivity index (χ1n) is 5.83. The predicted molar refractivity (Wildman–Crippen MR) is 54.4 cm³/mol. The Bertz CT molecular complexity index is 371. The SMILES string of the molecule is O=C(OC1CCOC1=O)C1=CC2CCC1C2. The summed E-state index contributed by atoms with van der Waals surface area (Å²) in [5, 5.41) is 0. The van der Waals surface area contributed by atoms with Gasteiger partial charge < -0.3 is 9.47 Å². The Morgan fingerprint density at radius 3 is 2.81 bits per heavy atom. The summed E-state index contributed by atoms with van der Waals surface area (Å²) in [5.41, 5.74) is 0.788. The predicted octanol–water partition coefficient (Wildman–Crippen LogP) is 1.20. The Labute approximate surface area is 93.6 Å². The summed E-state index contributed by atoms with van der Waals surface area (Å²) in [6.45, 7) is 0.363. The van der Waals surface area contributed by atoms with Gasteiger partial charge in [-0.25, -0.2) is 9.59 Å². The van der Waals surface area contributed by atoms with E-state index < -0.39 is 12.1 Å². The number of fused-ring (bicyclic) bond motifs is 2. The molecule has 0 amide bonds. The number of hydrogen-bond donors (Lipinski definition) is 0. The zero-order valence-electron chi connectivity index (χ0n) is 8.98. The van der Waals surface area contributed by atoms with E-state index >= 15 is 0 Å². The Kier molecular flexibility index (Phi) is 2.23. The lowest BCUT2D eigenvalue weighted by molar-refractivity contribution is -0.157. The lowest BCUT2D eigenvalue weighted by atomic mass is 9.99. The summed E-state index contributed by atoms with van der Waals surface area (Å²) in [6, 6.07) is 0. The van der Waals surface area contributed by atoms with Crippen molar-refractivity contribution in [3.8, 4) is 0 Å². The molecule has 0 aromatic rings. The van der Waals surface area contributed by atoms with Crippen LogP contribution in [0, 0.1) is 11.8 Å². The molecule has 1 saturated carbocycles. The number of hydrogen-bond acceptors (Lipinski definition) is 4. The standard InChI is InChI=1S/C12H14O4/c13-11(16-10-3-4-15-12(10)14)9-6-7-1-2-8(9)5-7/h6-8,10H,1-5H2. The van der Waals surface area contributed by atoms with Crippen LogP contribution in [0.3, 0.4) is 0 Å². The average molecular weight is 222 g/mol. The molecule has 2 aliphatic carbocycles. The van der Waals surface area contributed by atoms with Gasteiger partial charge in [0.1, 0.15) is 0 Å². The van der Waals surface area contributed by atoms with Crippen molar-refractivity contribution >= 4 is 11.9 Å². The molecule has 4 heteroatoms. The highest BCUT2D eigenvalue weighted by molar-refractivity contribution is 5.92. The second kappa shape index (κ2) is 3.61. The highest BCUT2D eigenvalue weighted by Gasteiger charge is 2.39. The van der Waals surface area contributed by atoms with Crippen LogP contribution in [-0.2, 0) is 19.1 Å². The molecule has 0 spiro atoms. The van der Waals surface area contributed by atoms with Gasteiger partial charge in [-0.3, -0.25) is 0 Å². The average Bonchev–Trinajstić information content (AvgIpc) is 2.95. The van der Waals surface area contributed by atoms with E-state index in [-0.39, 0.29) is 5.97 Å².